The molecule has 1 aromatic heterocycles. The lowest BCUT2D eigenvalue weighted by atomic mass is 10.2. The molecule has 0 amide bonds. The molecule has 1 aromatic rings. The Kier molecular flexibility index (Phi) is 5.04. The van der Waals surface area contributed by atoms with Gasteiger partial charge in [-0.15, -0.1) is 0 Å². The standard InChI is InChI=1S/C13H23N5/c1-12(13-11-14-3-4-16-13)15-5-6-18-9-7-17(2)8-10-18/h3-4,11-12,15H,5-10H2,1-2H3. The lowest BCUT2D eigenvalue weighted by molar-refractivity contribution is 0.154. The minimum atomic E-state index is 0.270. The van der Waals surface area contributed by atoms with Crippen LogP contribution in [0.5, 0.6) is 0 Å². The Bertz CT molecular complexity index is 334. The zero-order valence-electron chi connectivity index (χ0n) is 11.3. The maximum atomic E-state index is 4.31. The van der Waals surface area contributed by atoms with Crippen molar-refractivity contribution in [2.45, 2.75) is 13.0 Å². The minimum Gasteiger partial charge on any atom is -0.308 e. The number of nitrogens with zero attached hydrogens (tertiary/aromatic N) is 4. The van der Waals surface area contributed by atoms with Gasteiger partial charge < -0.3 is 10.2 Å². The summed E-state index contributed by atoms with van der Waals surface area (Å²) in [7, 11) is 2.19. The van der Waals surface area contributed by atoms with E-state index in [4.69, 9.17) is 0 Å². The highest BCUT2D eigenvalue weighted by atomic mass is 15.2. The summed E-state index contributed by atoms with van der Waals surface area (Å²) in [4.78, 5) is 13.3. The summed E-state index contributed by atoms with van der Waals surface area (Å²) in [6.07, 6.45) is 5.28. The van der Waals surface area contributed by atoms with Gasteiger partial charge in [-0.3, -0.25) is 14.9 Å². The van der Waals surface area contributed by atoms with Gasteiger partial charge in [0, 0.05) is 63.9 Å². The largest absolute Gasteiger partial charge is 0.308 e. The van der Waals surface area contributed by atoms with Crippen molar-refractivity contribution in [3.8, 4) is 0 Å². The molecule has 18 heavy (non-hydrogen) atoms. The van der Waals surface area contributed by atoms with Crippen LogP contribution in [0.25, 0.3) is 0 Å². The number of hydrogen-bond acceptors (Lipinski definition) is 5. The van der Waals surface area contributed by atoms with E-state index >= 15 is 0 Å². The Balaban J connectivity index is 1.66. The molecule has 0 bridgehead atoms. The van der Waals surface area contributed by atoms with Crippen molar-refractivity contribution in [3.63, 3.8) is 0 Å². The van der Waals surface area contributed by atoms with E-state index in [0.29, 0.717) is 0 Å². The fourth-order valence-electron chi connectivity index (χ4n) is 2.15. The monoisotopic (exact) mass is 249 g/mol. The fourth-order valence-corrected chi connectivity index (χ4v) is 2.15. The molecule has 0 aliphatic carbocycles. The van der Waals surface area contributed by atoms with Gasteiger partial charge >= 0.3 is 0 Å². The van der Waals surface area contributed by atoms with Crippen molar-refractivity contribution in [2.24, 2.45) is 0 Å². The molecule has 1 N–H and O–H groups in total. The van der Waals surface area contributed by atoms with E-state index in [1.165, 1.54) is 26.2 Å². The Morgan fingerprint density at radius 1 is 1.28 bits per heavy atom. The zero-order valence-corrected chi connectivity index (χ0v) is 11.3. The molecule has 1 unspecified atom stereocenters. The smallest absolute Gasteiger partial charge is 0.0753 e. The van der Waals surface area contributed by atoms with Gasteiger partial charge in [-0.2, -0.15) is 0 Å². The normalized spacial score (nSPS) is 19.9. The topological polar surface area (TPSA) is 44.3 Å². The highest BCUT2D eigenvalue weighted by molar-refractivity contribution is 5.00. The number of nitrogens with one attached hydrogen (secondary N) is 1. The van der Waals surface area contributed by atoms with Gasteiger partial charge in [0.15, 0.2) is 0 Å². The van der Waals surface area contributed by atoms with Gasteiger partial charge in [0.2, 0.25) is 0 Å². The van der Waals surface area contributed by atoms with Crippen molar-refractivity contribution in [1.29, 1.82) is 0 Å². The van der Waals surface area contributed by atoms with Gasteiger partial charge in [-0.05, 0) is 14.0 Å². The first kappa shape index (κ1) is 13.4. The second-order valence-corrected chi connectivity index (χ2v) is 4.95. The minimum absolute atomic E-state index is 0.270. The lowest BCUT2D eigenvalue weighted by Gasteiger charge is -2.32. The quantitative estimate of drug-likeness (QED) is 0.817. The summed E-state index contributed by atoms with van der Waals surface area (Å²) >= 11 is 0. The van der Waals surface area contributed by atoms with Crippen molar-refractivity contribution in [2.75, 3.05) is 46.3 Å². The molecule has 5 heteroatoms. The van der Waals surface area contributed by atoms with Crippen molar-refractivity contribution in [1.82, 2.24) is 25.1 Å². The van der Waals surface area contributed by atoms with Crippen LogP contribution in [0, 0.1) is 0 Å². The molecule has 0 spiro atoms. The Hall–Kier alpha value is -1.04. The average molecular weight is 249 g/mol. The van der Waals surface area contributed by atoms with Crippen LogP contribution in [0.3, 0.4) is 0 Å². The van der Waals surface area contributed by atoms with Gasteiger partial charge in [-0.1, -0.05) is 0 Å². The summed E-state index contributed by atoms with van der Waals surface area (Å²) in [5.41, 5.74) is 1.01. The van der Waals surface area contributed by atoms with Crippen LogP contribution in [0.1, 0.15) is 18.7 Å². The molecular formula is C13H23N5. The van der Waals surface area contributed by atoms with Crippen LogP contribution in [0.15, 0.2) is 18.6 Å². The maximum absolute atomic E-state index is 4.31. The summed E-state index contributed by atoms with van der Waals surface area (Å²) in [5.74, 6) is 0. The lowest BCUT2D eigenvalue weighted by Crippen LogP contribution is -2.46. The molecule has 1 atom stereocenters. The number of hydrogen-bond donors (Lipinski definition) is 1. The summed E-state index contributed by atoms with van der Waals surface area (Å²) in [5, 5.41) is 3.50. The number of piperazine rings is 1. The second-order valence-electron chi connectivity index (χ2n) is 4.95. The second kappa shape index (κ2) is 6.78. The molecule has 0 radical (unpaired) electrons. The SMILES string of the molecule is CC(NCCN1CCN(C)CC1)c1cnccn1. The number of aromatic nitrogens is 2. The van der Waals surface area contributed by atoms with Crippen LogP contribution in [0.4, 0.5) is 0 Å². The Morgan fingerprint density at radius 2 is 2.06 bits per heavy atom. The third-order valence-corrected chi connectivity index (χ3v) is 3.50. The zero-order chi connectivity index (χ0) is 12.8. The van der Waals surface area contributed by atoms with Gasteiger partial charge in [0.05, 0.1) is 5.69 Å². The van der Waals surface area contributed by atoms with Crippen LogP contribution in [-0.4, -0.2) is 66.1 Å². The predicted octanol–water partition coefficient (Wildman–Crippen LogP) is 0.375. The first-order valence-electron chi connectivity index (χ1n) is 6.66. The predicted molar refractivity (Wildman–Crippen MR) is 72.4 cm³/mol. The maximum Gasteiger partial charge on any atom is 0.0753 e. The Labute approximate surface area is 109 Å². The molecule has 1 aliphatic rings. The van der Waals surface area contributed by atoms with Crippen molar-refractivity contribution < 1.29 is 0 Å². The van der Waals surface area contributed by atoms with Gasteiger partial charge in [0.25, 0.3) is 0 Å². The molecule has 1 fully saturated rings. The van der Waals surface area contributed by atoms with Crippen LogP contribution >= 0.6 is 0 Å². The summed E-state index contributed by atoms with van der Waals surface area (Å²) in [6, 6.07) is 0.270. The molecule has 0 saturated carbocycles. The molecule has 1 saturated heterocycles. The third-order valence-electron chi connectivity index (χ3n) is 3.50. The number of rotatable bonds is 5. The third kappa shape index (κ3) is 4.01. The van der Waals surface area contributed by atoms with E-state index in [-0.39, 0.29) is 6.04 Å². The summed E-state index contributed by atoms with van der Waals surface area (Å²) < 4.78 is 0. The van der Waals surface area contributed by atoms with E-state index in [1.807, 2.05) is 6.20 Å². The average Bonchev–Trinajstić information content (AvgIpc) is 2.42. The summed E-state index contributed by atoms with van der Waals surface area (Å²) in [6.45, 7) is 8.96. The Morgan fingerprint density at radius 3 is 2.72 bits per heavy atom. The first-order chi connectivity index (χ1) is 8.75. The van der Waals surface area contributed by atoms with Gasteiger partial charge in [0.1, 0.15) is 0 Å². The molecule has 2 rings (SSSR count). The van der Waals surface area contributed by atoms with Crippen LogP contribution in [0.2, 0.25) is 0 Å². The number of likely N-dealkylation sites (N-methyl/N-ethyl adjacent to an activating group) is 1. The van der Waals surface area contributed by atoms with Crippen LogP contribution < -0.4 is 5.32 Å². The highest BCUT2D eigenvalue weighted by Crippen LogP contribution is 2.06. The molecule has 5 nitrogen and oxygen atoms in total. The van der Waals surface area contributed by atoms with Gasteiger partial charge in [-0.25, -0.2) is 0 Å². The van der Waals surface area contributed by atoms with E-state index in [1.54, 1.807) is 12.4 Å². The first-order valence-corrected chi connectivity index (χ1v) is 6.66. The molecule has 0 aromatic carbocycles. The van der Waals surface area contributed by atoms with E-state index in [9.17, 15) is 0 Å². The van der Waals surface area contributed by atoms with E-state index < -0.39 is 0 Å². The molecule has 1 aliphatic heterocycles. The van der Waals surface area contributed by atoms with E-state index in [2.05, 4.69) is 39.1 Å². The van der Waals surface area contributed by atoms with E-state index in [0.717, 1.165) is 18.8 Å². The molecule has 2 heterocycles. The highest BCUT2D eigenvalue weighted by Gasteiger charge is 2.13. The fraction of sp³-hybridized carbons (Fsp3) is 0.692. The van der Waals surface area contributed by atoms with Crippen molar-refractivity contribution in [3.05, 3.63) is 24.3 Å². The molecular weight excluding hydrogens is 226 g/mol. The van der Waals surface area contributed by atoms with Crippen LogP contribution in [-0.2, 0) is 0 Å². The van der Waals surface area contributed by atoms with Crippen molar-refractivity contribution >= 4 is 0 Å². The molecule has 100 valence electrons.